The molecule has 2 N–H and O–H groups in total. The van der Waals surface area contributed by atoms with Gasteiger partial charge in [0.25, 0.3) is 0 Å². The highest BCUT2D eigenvalue weighted by atomic mass is 32.2. The van der Waals surface area contributed by atoms with E-state index < -0.39 is 9.84 Å². The zero-order valence-corrected chi connectivity index (χ0v) is 18.9. The van der Waals surface area contributed by atoms with Crippen LogP contribution in [0.25, 0.3) is 0 Å². The number of benzene rings is 2. The van der Waals surface area contributed by atoms with Gasteiger partial charge in [0.2, 0.25) is 5.91 Å². The van der Waals surface area contributed by atoms with Crippen LogP contribution < -0.4 is 15.5 Å². The van der Waals surface area contributed by atoms with Gasteiger partial charge in [0.05, 0.1) is 12.3 Å². The number of rotatable bonds is 8. The number of nitrogens with zero attached hydrogens (tertiary/aromatic N) is 2. The van der Waals surface area contributed by atoms with E-state index in [9.17, 15) is 13.2 Å². The molecule has 2 aromatic rings. The topological polar surface area (TPSA) is 90.9 Å². The highest BCUT2D eigenvalue weighted by molar-refractivity contribution is 7.89. The highest BCUT2D eigenvalue weighted by Crippen LogP contribution is 2.21. The van der Waals surface area contributed by atoms with Gasteiger partial charge >= 0.3 is 0 Å². The van der Waals surface area contributed by atoms with Gasteiger partial charge in [-0.25, -0.2) is 13.4 Å². The monoisotopic (exact) mass is 442 g/mol. The van der Waals surface area contributed by atoms with Crippen LogP contribution >= 0.6 is 0 Å². The van der Waals surface area contributed by atoms with Gasteiger partial charge in [0, 0.05) is 38.0 Å². The molecule has 0 unspecified atom stereocenters. The van der Waals surface area contributed by atoms with Crippen LogP contribution in [-0.2, 0) is 33.5 Å². The second kappa shape index (κ2) is 10.4. The summed E-state index contributed by atoms with van der Waals surface area (Å²) < 4.78 is 22.8. The van der Waals surface area contributed by atoms with Crippen molar-refractivity contribution in [2.45, 2.75) is 38.6 Å². The Labute approximate surface area is 184 Å². The predicted molar refractivity (Wildman–Crippen MR) is 125 cm³/mol. The molecule has 3 rings (SSSR count). The molecule has 7 nitrogen and oxygen atoms in total. The van der Waals surface area contributed by atoms with Crippen molar-refractivity contribution in [2.75, 3.05) is 24.2 Å². The summed E-state index contributed by atoms with van der Waals surface area (Å²) in [5.41, 5.74) is 3.84. The number of carbonyl (C=O) groups excluding carboxylic acids is 1. The normalized spacial score (nSPS) is 14.7. The van der Waals surface area contributed by atoms with Gasteiger partial charge in [0.1, 0.15) is 0 Å². The maximum absolute atomic E-state index is 11.9. The van der Waals surface area contributed by atoms with Crippen LogP contribution in [0.15, 0.2) is 53.5 Å². The second-order valence-corrected chi connectivity index (χ2v) is 9.89. The Morgan fingerprint density at radius 3 is 2.23 bits per heavy atom. The van der Waals surface area contributed by atoms with Crippen molar-refractivity contribution in [3.63, 3.8) is 0 Å². The first-order chi connectivity index (χ1) is 14.8. The molecule has 8 heteroatoms. The van der Waals surface area contributed by atoms with Crippen molar-refractivity contribution in [1.82, 2.24) is 10.6 Å². The molecule has 0 aliphatic carbocycles. The van der Waals surface area contributed by atoms with Crippen molar-refractivity contribution in [1.29, 1.82) is 0 Å². The Kier molecular flexibility index (Phi) is 7.68. The number of hydrogen-bond donors (Lipinski definition) is 2. The first-order valence-electron chi connectivity index (χ1n) is 10.5. The van der Waals surface area contributed by atoms with Crippen molar-refractivity contribution in [2.24, 2.45) is 4.99 Å². The summed E-state index contributed by atoms with van der Waals surface area (Å²) in [7, 11) is -3.03. The van der Waals surface area contributed by atoms with E-state index in [-0.39, 0.29) is 11.7 Å². The third-order valence-electron chi connectivity index (χ3n) is 5.00. The van der Waals surface area contributed by atoms with E-state index in [0.717, 1.165) is 41.9 Å². The molecular formula is C23H30N4O3S. The number of amides is 1. The smallest absolute Gasteiger partial charge is 0.227 e. The SMILES string of the molecule is CCNC(=NCc1ccc(N2CCCC2=O)cc1)NCc1ccc(CS(C)(=O)=O)cc1. The Bertz CT molecular complexity index is 1020. The van der Waals surface area contributed by atoms with E-state index in [2.05, 4.69) is 15.6 Å². The number of carbonyl (C=O) groups is 1. The molecule has 1 amide bonds. The molecule has 1 heterocycles. The molecule has 0 atom stereocenters. The van der Waals surface area contributed by atoms with Gasteiger partial charge in [-0.15, -0.1) is 0 Å². The van der Waals surface area contributed by atoms with E-state index in [1.165, 1.54) is 6.26 Å². The Balaban J connectivity index is 1.56. The number of guanidine groups is 1. The molecule has 166 valence electrons. The minimum Gasteiger partial charge on any atom is -0.357 e. The van der Waals surface area contributed by atoms with Gasteiger partial charge in [-0.1, -0.05) is 36.4 Å². The summed E-state index contributed by atoms with van der Waals surface area (Å²) in [6.07, 6.45) is 2.79. The fraction of sp³-hybridized carbons (Fsp3) is 0.391. The molecule has 0 radical (unpaired) electrons. The van der Waals surface area contributed by atoms with E-state index in [0.29, 0.717) is 25.5 Å². The van der Waals surface area contributed by atoms with Crippen molar-refractivity contribution in [3.05, 3.63) is 65.2 Å². The van der Waals surface area contributed by atoms with Crippen LogP contribution in [-0.4, -0.2) is 39.6 Å². The number of aliphatic imine (C=N–C) groups is 1. The first-order valence-corrected chi connectivity index (χ1v) is 12.6. The van der Waals surface area contributed by atoms with Crippen LogP contribution in [0.4, 0.5) is 5.69 Å². The van der Waals surface area contributed by atoms with Crippen LogP contribution in [0.3, 0.4) is 0 Å². The number of nitrogens with one attached hydrogen (secondary N) is 2. The van der Waals surface area contributed by atoms with Gasteiger partial charge in [-0.3, -0.25) is 4.79 Å². The fourth-order valence-corrected chi connectivity index (χ4v) is 4.25. The Hall–Kier alpha value is -2.87. The summed E-state index contributed by atoms with van der Waals surface area (Å²) in [5, 5.41) is 6.54. The molecule has 31 heavy (non-hydrogen) atoms. The fourth-order valence-electron chi connectivity index (χ4n) is 3.46. The molecular weight excluding hydrogens is 412 g/mol. The van der Waals surface area contributed by atoms with Crippen molar-refractivity contribution >= 4 is 27.4 Å². The van der Waals surface area contributed by atoms with E-state index in [1.807, 2.05) is 60.4 Å². The van der Waals surface area contributed by atoms with Crippen molar-refractivity contribution in [3.8, 4) is 0 Å². The number of sulfone groups is 1. The first kappa shape index (κ1) is 22.8. The highest BCUT2D eigenvalue weighted by Gasteiger charge is 2.21. The largest absolute Gasteiger partial charge is 0.357 e. The minimum absolute atomic E-state index is 0.0511. The van der Waals surface area contributed by atoms with E-state index >= 15 is 0 Å². The van der Waals surface area contributed by atoms with Gasteiger partial charge in [-0.05, 0) is 42.2 Å². The number of anilines is 1. The quantitative estimate of drug-likeness (QED) is 0.484. The summed E-state index contributed by atoms with van der Waals surface area (Å²) >= 11 is 0. The van der Waals surface area contributed by atoms with Crippen LogP contribution in [0.2, 0.25) is 0 Å². The Morgan fingerprint density at radius 1 is 1.00 bits per heavy atom. The molecule has 1 saturated heterocycles. The average molecular weight is 443 g/mol. The molecule has 0 aromatic heterocycles. The lowest BCUT2D eigenvalue weighted by molar-refractivity contribution is -0.117. The van der Waals surface area contributed by atoms with Gasteiger partial charge in [0.15, 0.2) is 15.8 Å². The van der Waals surface area contributed by atoms with Crippen LogP contribution in [0, 0.1) is 0 Å². The molecule has 1 fully saturated rings. The second-order valence-electron chi connectivity index (χ2n) is 7.75. The lowest BCUT2D eigenvalue weighted by Gasteiger charge is -2.16. The van der Waals surface area contributed by atoms with Gasteiger partial charge in [-0.2, -0.15) is 0 Å². The zero-order chi connectivity index (χ0) is 22.3. The lowest BCUT2D eigenvalue weighted by atomic mass is 10.1. The zero-order valence-electron chi connectivity index (χ0n) is 18.1. The van der Waals surface area contributed by atoms with Gasteiger partial charge < -0.3 is 15.5 Å². The maximum Gasteiger partial charge on any atom is 0.227 e. The van der Waals surface area contributed by atoms with E-state index in [1.54, 1.807) is 0 Å². The predicted octanol–water partition coefficient (Wildman–Crippen LogP) is 2.61. The lowest BCUT2D eigenvalue weighted by Crippen LogP contribution is -2.36. The average Bonchev–Trinajstić information content (AvgIpc) is 3.16. The van der Waals surface area contributed by atoms with Crippen LogP contribution in [0.1, 0.15) is 36.5 Å². The minimum atomic E-state index is -3.03. The van der Waals surface area contributed by atoms with Crippen molar-refractivity contribution < 1.29 is 13.2 Å². The van der Waals surface area contributed by atoms with E-state index in [4.69, 9.17) is 0 Å². The Morgan fingerprint density at radius 2 is 1.65 bits per heavy atom. The summed E-state index contributed by atoms with van der Waals surface area (Å²) in [5.74, 6) is 0.950. The standard InChI is InChI=1S/C23H30N4O3S/c1-3-24-23(25-15-18-6-8-20(9-7-18)17-31(2,29)30)26-16-19-10-12-21(13-11-19)27-14-4-5-22(27)28/h6-13H,3-5,14-17H2,1-2H3,(H2,24,25,26). The third-order valence-corrected chi connectivity index (χ3v) is 5.85. The summed E-state index contributed by atoms with van der Waals surface area (Å²) in [6, 6.07) is 15.5. The molecule has 0 spiro atoms. The molecule has 1 aliphatic heterocycles. The maximum atomic E-state index is 11.9. The van der Waals surface area contributed by atoms with Crippen LogP contribution in [0.5, 0.6) is 0 Å². The third kappa shape index (κ3) is 7.10. The summed E-state index contributed by atoms with van der Waals surface area (Å²) in [6.45, 7) is 4.66. The molecule has 2 aromatic carbocycles. The molecule has 0 saturated carbocycles. The molecule has 0 bridgehead atoms. The summed E-state index contributed by atoms with van der Waals surface area (Å²) in [4.78, 5) is 18.4. The molecule has 1 aliphatic rings. The number of hydrogen-bond acceptors (Lipinski definition) is 4.